The van der Waals surface area contributed by atoms with E-state index in [-0.39, 0.29) is 12.2 Å². The normalized spacial score (nSPS) is 11.2. The molecule has 3 rings (SSSR count). The maximum absolute atomic E-state index is 12.3. The highest BCUT2D eigenvalue weighted by Gasteiger charge is 2.12. The van der Waals surface area contributed by atoms with Gasteiger partial charge in [0.05, 0.1) is 10.9 Å². The average Bonchev–Trinajstić information content (AvgIpc) is 2.56. The van der Waals surface area contributed by atoms with Gasteiger partial charge in [-0.1, -0.05) is 38.1 Å². The zero-order valence-electron chi connectivity index (χ0n) is 14.1. The van der Waals surface area contributed by atoms with E-state index >= 15 is 0 Å². The molecule has 0 fully saturated rings. The van der Waals surface area contributed by atoms with Crippen LogP contribution in [-0.4, -0.2) is 9.66 Å². The molecule has 0 unspecified atom stereocenters. The van der Waals surface area contributed by atoms with Crippen molar-refractivity contribution in [1.82, 2.24) is 9.66 Å². The Morgan fingerprint density at radius 2 is 1.96 bits per heavy atom. The van der Waals surface area contributed by atoms with E-state index in [1.54, 1.807) is 18.2 Å². The third kappa shape index (κ3) is 2.97. The molecule has 0 saturated carbocycles. The van der Waals surface area contributed by atoms with Crippen LogP contribution in [0.15, 0.2) is 47.3 Å². The van der Waals surface area contributed by atoms with Crippen LogP contribution >= 0.6 is 0 Å². The highest BCUT2D eigenvalue weighted by atomic mass is 16.5. The molecule has 0 bridgehead atoms. The Hall–Kier alpha value is -2.82. The fourth-order valence-corrected chi connectivity index (χ4v) is 2.68. The van der Waals surface area contributed by atoms with Crippen molar-refractivity contribution in [3.8, 4) is 5.75 Å². The van der Waals surface area contributed by atoms with E-state index < -0.39 is 0 Å². The molecule has 1 heterocycles. The van der Waals surface area contributed by atoms with Gasteiger partial charge in [0, 0.05) is 0 Å². The van der Waals surface area contributed by atoms with Crippen molar-refractivity contribution in [1.29, 1.82) is 0 Å². The quantitative estimate of drug-likeness (QED) is 0.749. The van der Waals surface area contributed by atoms with Crippen LogP contribution in [0.4, 0.5) is 0 Å². The molecule has 2 aromatic carbocycles. The van der Waals surface area contributed by atoms with Crippen LogP contribution in [0.5, 0.6) is 5.75 Å². The fourth-order valence-electron chi connectivity index (χ4n) is 2.68. The highest BCUT2D eigenvalue weighted by Crippen LogP contribution is 2.28. The summed E-state index contributed by atoms with van der Waals surface area (Å²) >= 11 is 0. The molecule has 24 heavy (non-hydrogen) atoms. The SMILES string of the molecule is Cc1ccc(C(C)C)c(OCc2nc3ccccc3c(=O)n2N)c1. The van der Waals surface area contributed by atoms with Crippen molar-refractivity contribution < 1.29 is 4.74 Å². The van der Waals surface area contributed by atoms with Gasteiger partial charge in [0.2, 0.25) is 0 Å². The summed E-state index contributed by atoms with van der Waals surface area (Å²) in [6, 6.07) is 13.3. The van der Waals surface area contributed by atoms with Crippen molar-refractivity contribution in [2.24, 2.45) is 0 Å². The minimum atomic E-state index is -0.271. The van der Waals surface area contributed by atoms with Crippen molar-refractivity contribution in [3.63, 3.8) is 0 Å². The highest BCUT2D eigenvalue weighted by molar-refractivity contribution is 5.77. The molecular formula is C19H21N3O2. The summed E-state index contributed by atoms with van der Waals surface area (Å²) in [5.41, 5.74) is 2.59. The first-order chi connectivity index (χ1) is 11.5. The summed E-state index contributed by atoms with van der Waals surface area (Å²) in [4.78, 5) is 16.8. The van der Waals surface area contributed by atoms with Gasteiger partial charge in [-0.05, 0) is 42.2 Å². The predicted molar refractivity (Wildman–Crippen MR) is 95.8 cm³/mol. The lowest BCUT2D eigenvalue weighted by Gasteiger charge is -2.15. The summed E-state index contributed by atoms with van der Waals surface area (Å²) < 4.78 is 7.01. The van der Waals surface area contributed by atoms with Gasteiger partial charge in [0.25, 0.3) is 5.56 Å². The molecule has 0 saturated heterocycles. The molecule has 0 aliphatic heterocycles. The van der Waals surface area contributed by atoms with Crippen molar-refractivity contribution in [2.45, 2.75) is 33.3 Å². The lowest BCUT2D eigenvalue weighted by atomic mass is 10.0. The van der Waals surface area contributed by atoms with E-state index in [1.807, 2.05) is 19.1 Å². The second kappa shape index (κ2) is 6.35. The Morgan fingerprint density at radius 1 is 1.21 bits per heavy atom. The number of ether oxygens (including phenoxy) is 1. The second-order valence-corrected chi connectivity index (χ2v) is 6.20. The topological polar surface area (TPSA) is 70.1 Å². The molecule has 0 radical (unpaired) electrons. The van der Waals surface area contributed by atoms with Gasteiger partial charge in [-0.15, -0.1) is 0 Å². The van der Waals surface area contributed by atoms with Crippen LogP contribution in [0.25, 0.3) is 10.9 Å². The number of hydrogen-bond donors (Lipinski definition) is 1. The number of aryl methyl sites for hydroxylation is 1. The molecule has 2 N–H and O–H groups in total. The number of hydrogen-bond acceptors (Lipinski definition) is 4. The Labute approximate surface area is 140 Å². The summed E-state index contributed by atoms with van der Waals surface area (Å²) in [6.07, 6.45) is 0. The van der Waals surface area contributed by atoms with Crippen molar-refractivity contribution in [3.05, 3.63) is 69.8 Å². The molecule has 0 aliphatic carbocycles. The monoisotopic (exact) mass is 323 g/mol. The average molecular weight is 323 g/mol. The first-order valence-corrected chi connectivity index (χ1v) is 7.96. The molecule has 5 heteroatoms. The standard InChI is InChI=1S/C19H21N3O2/c1-12(2)14-9-8-13(3)10-17(14)24-11-18-21-16-7-5-4-6-15(16)19(23)22(18)20/h4-10,12H,11,20H2,1-3H3. The van der Waals surface area contributed by atoms with E-state index in [4.69, 9.17) is 10.6 Å². The lowest BCUT2D eigenvalue weighted by Crippen LogP contribution is -2.32. The first-order valence-electron chi connectivity index (χ1n) is 7.96. The van der Waals surface area contributed by atoms with E-state index in [1.165, 1.54) is 0 Å². The minimum absolute atomic E-state index is 0.139. The minimum Gasteiger partial charge on any atom is -0.485 e. The van der Waals surface area contributed by atoms with Gasteiger partial charge in [0.15, 0.2) is 5.82 Å². The van der Waals surface area contributed by atoms with Crippen LogP contribution in [0.2, 0.25) is 0 Å². The van der Waals surface area contributed by atoms with Gasteiger partial charge in [0.1, 0.15) is 12.4 Å². The van der Waals surface area contributed by atoms with E-state index in [9.17, 15) is 4.79 Å². The van der Waals surface area contributed by atoms with Crippen LogP contribution in [0.1, 0.15) is 36.7 Å². The van der Waals surface area contributed by atoms with E-state index in [0.29, 0.717) is 22.6 Å². The van der Waals surface area contributed by atoms with Crippen LogP contribution < -0.4 is 16.1 Å². The molecule has 124 valence electrons. The van der Waals surface area contributed by atoms with Crippen LogP contribution in [0.3, 0.4) is 0 Å². The number of nitrogens with two attached hydrogens (primary N) is 1. The maximum atomic E-state index is 12.3. The molecule has 0 amide bonds. The number of nitrogens with zero attached hydrogens (tertiary/aromatic N) is 2. The number of para-hydroxylation sites is 1. The number of fused-ring (bicyclic) bond motifs is 1. The van der Waals surface area contributed by atoms with Gasteiger partial charge in [-0.25, -0.2) is 9.66 Å². The van der Waals surface area contributed by atoms with Crippen LogP contribution in [-0.2, 0) is 6.61 Å². The molecule has 5 nitrogen and oxygen atoms in total. The maximum Gasteiger partial charge on any atom is 0.279 e. The number of rotatable bonds is 4. The Kier molecular flexibility index (Phi) is 4.25. The van der Waals surface area contributed by atoms with Crippen molar-refractivity contribution >= 4 is 10.9 Å². The Bertz CT molecular complexity index is 945. The number of nitrogen functional groups attached to an aromatic ring is 1. The molecule has 0 atom stereocenters. The van der Waals surface area contributed by atoms with Crippen molar-refractivity contribution in [2.75, 3.05) is 5.84 Å². The predicted octanol–water partition coefficient (Wildman–Crippen LogP) is 3.12. The third-order valence-electron chi connectivity index (χ3n) is 4.03. The van der Waals surface area contributed by atoms with Gasteiger partial charge < -0.3 is 10.6 Å². The summed E-state index contributed by atoms with van der Waals surface area (Å²) in [5.74, 6) is 7.44. The van der Waals surface area contributed by atoms with Gasteiger partial charge in [-0.3, -0.25) is 4.79 Å². The lowest BCUT2D eigenvalue weighted by molar-refractivity contribution is 0.287. The fraction of sp³-hybridized carbons (Fsp3) is 0.263. The summed E-state index contributed by atoms with van der Waals surface area (Å²) in [6.45, 7) is 6.39. The summed E-state index contributed by atoms with van der Waals surface area (Å²) in [5, 5.41) is 0.502. The third-order valence-corrected chi connectivity index (χ3v) is 4.03. The molecular weight excluding hydrogens is 302 g/mol. The molecule has 0 aliphatic rings. The van der Waals surface area contributed by atoms with Gasteiger partial charge in [-0.2, -0.15) is 0 Å². The van der Waals surface area contributed by atoms with E-state index in [2.05, 4.69) is 31.0 Å². The molecule has 1 aromatic heterocycles. The van der Waals surface area contributed by atoms with E-state index in [0.717, 1.165) is 21.6 Å². The zero-order chi connectivity index (χ0) is 17.3. The first kappa shape index (κ1) is 16.1. The Balaban J connectivity index is 1.96. The second-order valence-electron chi connectivity index (χ2n) is 6.20. The number of aromatic nitrogens is 2. The smallest absolute Gasteiger partial charge is 0.279 e. The zero-order valence-corrected chi connectivity index (χ0v) is 14.1. The molecule has 0 spiro atoms. The Morgan fingerprint density at radius 3 is 2.71 bits per heavy atom. The van der Waals surface area contributed by atoms with Gasteiger partial charge >= 0.3 is 0 Å². The largest absolute Gasteiger partial charge is 0.485 e. The molecule has 3 aromatic rings. The summed E-state index contributed by atoms with van der Waals surface area (Å²) in [7, 11) is 0. The number of benzene rings is 2. The van der Waals surface area contributed by atoms with Crippen LogP contribution in [0, 0.1) is 6.92 Å².